The van der Waals surface area contributed by atoms with Gasteiger partial charge in [0.1, 0.15) is 0 Å². The largest absolute Gasteiger partial charge is 0.271 e. The van der Waals surface area contributed by atoms with Crippen LogP contribution >= 0.6 is 15.9 Å². The molecule has 0 aliphatic rings. The number of aromatic nitrogens is 2. The smallest absolute Gasteiger partial charge is 0.0712 e. The number of nitrogens with one attached hydrogen (secondary N) is 1. The van der Waals surface area contributed by atoms with E-state index < -0.39 is 0 Å². The molecule has 0 spiro atoms. The number of aryl methyl sites for hydroxylation is 2. The third-order valence-electron chi connectivity index (χ3n) is 3.19. The van der Waals surface area contributed by atoms with Crippen molar-refractivity contribution in [1.82, 2.24) is 15.2 Å². The van der Waals surface area contributed by atoms with Crippen molar-refractivity contribution in [2.75, 3.05) is 0 Å². The minimum absolute atomic E-state index is 0.0404. The molecular weight excluding hydrogens is 304 g/mol. The lowest BCUT2D eigenvalue weighted by atomic mass is 10.0. The zero-order valence-corrected chi connectivity index (χ0v) is 12.8. The van der Waals surface area contributed by atoms with Crippen molar-refractivity contribution >= 4 is 15.9 Å². The van der Waals surface area contributed by atoms with Crippen molar-refractivity contribution in [3.8, 4) is 0 Å². The van der Waals surface area contributed by atoms with Crippen molar-refractivity contribution in [2.24, 2.45) is 5.84 Å². The summed E-state index contributed by atoms with van der Waals surface area (Å²) in [5.74, 6) is 5.73. The van der Waals surface area contributed by atoms with Crippen molar-refractivity contribution < 1.29 is 0 Å². The van der Waals surface area contributed by atoms with Crippen LogP contribution in [0.25, 0.3) is 0 Å². The van der Waals surface area contributed by atoms with Crippen molar-refractivity contribution in [3.05, 3.63) is 51.8 Å². The van der Waals surface area contributed by atoms with Gasteiger partial charge in [-0.15, -0.1) is 0 Å². The summed E-state index contributed by atoms with van der Waals surface area (Å²) in [7, 11) is 0. The molecule has 0 fully saturated rings. The molecule has 19 heavy (non-hydrogen) atoms. The van der Waals surface area contributed by atoms with Gasteiger partial charge < -0.3 is 0 Å². The predicted octanol–water partition coefficient (Wildman–Crippen LogP) is 2.72. The Morgan fingerprint density at radius 3 is 2.89 bits per heavy atom. The van der Waals surface area contributed by atoms with E-state index in [-0.39, 0.29) is 6.04 Å². The van der Waals surface area contributed by atoms with Gasteiger partial charge in [-0.25, -0.2) is 0 Å². The summed E-state index contributed by atoms with van der Waals surface area (Å²) in [5, 5.41) is 4.34. The standard InChI is InChI=1S/C14H19BrN4/c1-3-19-14(12(15)9-17-19)13(18-16)8-11-6-4-5-10(2)7-11/h4-7,9,13,18H,3,8,16H2,1-2H3. The van der Waals surface area contributed by atoms with Gasteiger partial charge in [0, 0.05) is 6.54 Å². The topological polar surface area (TPSA) is 55.9 Å². The Morgan fingerprint density at radius 1 is 1.47 bits per heavy atom. The zero-order valence-electron chi connectivity index (χ0n) is 11.2. The quantitative estimate of drug-likeness (QED) is 0.657. The lowest BCUT2D eigenvalue weighted by Gasteiger charge is -2.18. The minimum atomic E-state index is 0.0404. The number of nitrogens with zero attached hydrogens (tertiary/aromatic N) is 2. The Balaban J connectivity index is 2.27. The molecule has 0 amide bonds. The van der Waals surface area contributed by atoms with Crippen LogP contribution in [0.1, 0.15) is 29.8 Å². The second-order valence-corrected chi connectivity index (χ2v) is 5.46. The first-order valence-electron chi connectivity index (χ1n) is 6.38. The molecule has 0 radical (unpaired) electrons. The normalized spacial score (nSPS) is 12.6. The van der Waals surface area contributed by atoms with Gasteiger partial charge in [0.15, 0.2) is 0 Å². The van der Waals surface area contributed by atoms with Gasteiger partial charge in [-0.1, -0.05) is 29.8 Å². The van der Waals surface area contributed by atoms with Crippen LogP contribution in [0.15, 0.2) is 34.9 Å². The Labute approximate surface area is 122 Å². The number of hydrazine groups is 1. The van der Waals surface area contributed by atoms with Gasteiger partial charge in [-0.05, 0) is 41.8 Å². The highest BCUT2D eigenvalue weighted by Gasteiger charge is 2.18. The summed E-state index contributed by atoms with van der Waals surface area (Å²) in [4.78, 5) is 0. The highest BCUT2D eigenvalue weighted by Crippen LogP contribution is 2.25. The van der Waals surface area contributed by atoms with Crippen LogP contribution in [0.2, 0.25) is 0 Å². The number of nitrogens with two attached hydrogens (primary N) is 1. The van der Waals surface area contributed by atoms with E-state index in [0.29, 0.717) is 0 Å². The molecule has 3 N–H and O–H groups in total. The molecule has 1 atom stereocenters. The molecule has 1 aromatic heterocycles. The van der Waals surface area contributed by atoms with Crippen LogP contribution in [0, 0.1) is 6.92 Å². The monoisotopic (exact) mass is 322 g/mol. The Morgan fingerprint density at radius 2 is 2.26 bits per heavy atom. The third-order valence-corrected chi connectivity index (χ3v) is 3.80. The van der Waals surface area contributed by atoms with E-state index in [2.05, 4.69) is 64.6 Å². The van der Waals surface area contributed by atoms with Crippen LogP contribution in [0.4, 0.5) is 0 Å². The molecule has 0 bridgehead atoms. The molecule has 5 heteroatoms. The van der Waals surface area contributed by atoms with E-state index in [1.807, 2.05) is 10.9 Å². The second-order valence-electron chi connectivity index (χ2n) is 4.61. The maximum atomic E-state index is 5.73. The summed E-state index contributed by atoms with van der Waals surface area (Å²) in [6.45, 7) is 5.00. The maximum absolute atomic E-state index is 5.73. The summed E-state index contributed by atoms with van der Waals surface area (Å²) in [6, 6.07) is 8.52. The summed E-state index contributed by atoms with van der Waals surface area (Å²) < 4.78 is 2.95. The second kappa shape index (κ2) is 6.32. The van der Waals surface area contributed by atoms with E-state index in [4.69, 9.17) is 5.84 Å². The molecule has 0 aliphatic carbocycles. The number of rotatable bonds is 5. The summed E-state index contributed by atoms with van der Waals surface area (Å²) >= 11 is 3.55. The molecule has 1 aromatic carbocycles. The van der Waals surface area contributed by atoms with Crippen LogP contribution in [0.3, 0.4) is 0 Å². The molecular formula is C14H19BrN4. The average molecular weight is 323 g/mol. The molecule has 0 saturated heterocycles. The molecule has 0 saturated carbocycles. The molecule has 2 aromatic rings. The van der Waals surface area contributed by atoms with Gasteiger partial charge in [0.25, 0.3) is 0 Å². The van der Waals surface area contributed by atoms with E-state index >= 15 is 0 Å². The number of benzene rings is 1. The molecule has 4 nitrogen and oxygen atoms in total. The number of hydrogen-bond acceptors (Lipinski definition) is 3. The number of hydrogen-bond donors (Lipinski definition) is 2. The van der Waals surface area contributed by atoms with Crippen LogP contribution in [0.5, 0.6) is 0 Å². The van der Waals surface area contributed by atoms with Crippen LogP contribution in [-0.2, 0) is 13.0 Å². The minimum Gasteiger partial charge on any atom is -0.271 e. The van der Waals surface area contributed by atoms with E-state index in [9.17, 15) is 0 Å². The summed E-state index contributed by atoms with van der Waals surface area (Å²) in [6.07, 6.45) is 2.65. The van der Waals surface area contributed by atoms with Crippen molar-refractivity contribution in [1.29, 1.82) is 0 Å². The summed E-state index contributed by atoms with van der Waals surface area (Å²) in [5.41, 5.74) is 6.51. The van der Waals surface area contributed by atoms with E-state index in [1.165, 1.54) is 11.1 Å². The van der Waals surface area contributed by atoms with Gasteiger partial charge in [0.2, 0.25) is 0 Å². The molecule has 1 heterocycles. The average Bonchev–Trinajstić information content (AvgIpc) is 2.77. The van der Waals surface area contributed by atoms with E-state index in [0.717, 1.165) is 23.1 Å². The van der Waals surface area contributed by atoms with Gasteiger partial charge in [0.05, 0.1) is 22.4 Å². The molecule has 1 unspecified atom stereocenters. The van der Waals surface area contributed by atoms with Crippen LogP contribution in [-0.4, -0.2) is 9.78 Å². The van der Waals surface area contributed by atoms with Gasteiger partial charge >= 0.3 is 0 Å². The lowest BCUT2D eigenvalue weighted by Crippen LogP contribution is -2.31. The fraction of sp³-hybridized carbons (Fsp3) is 0.357. The van der Waals surface area contributed by atoms with Gasteiger partial charge in [-0.3, -0.25) is 16.0 Å². The first-order chi connectivity index (χ1) is 9.15. The van der Waals surface area contributed by atoms with Crippen LogP contribution < -0.4 is 11.3 Å². The predicted molar refractivity (Wildman–Crippen MR) is 80.5 cm³/mol. The highest BCUT2D eigenvalue weighted by molar-refractivity contribution is 9.10. The third kappa shape index (κ3) is 3.23. The first kappa shape index (κ1) is 14.2. The fourth-order valence-corrected chi connectivity index (χ4v) is 2.85. The van der Waals surface area contributed by atoms with Crippen molar-refractivity contribution in [3.63, 3.8) is 0 Å². The Bertz CT molecular complexity index is 550. The molecule has 102 valence electrons. The van der Waals surface area contributed by atoms with E-state index in [1.54, 1.807) is 0 Å². The first-order valence-corrected chi connectivity index (χ1v) is 7.17. The SMILES string of the molecule is CCn1ncc(Br)c1C(Cc1cccc(C)c1)NN. The highest BCUT2D eigenvalue weighted by atomic mass is 79.9. The van der Waals surface area contributed by atoms with Crippen molar-refractivity contribution in [2.45, 2.75) is 32.9 Å². The fourth-order valence-electron chi connectivity index (χ4n) is 2.28. The molecule has 0 aliphatic heterocycles. The molecule has 2 rings (SSSR count). The zero-order chi connectivity index (χ0) is 13.8. The maximum Gasteiger partial charge on any atom is 0.0712 e. The number of halogens is 1. The Hall–Kier alpha value is -1.17. The Kier molecular flexibility index (Phi) is 4.74. The van der Waals surface area contributed by atoms with Gasteiger partial charge in [-0.2, -0.15) is 5.10 Å². The lowest BCUT2D eigenvalue weighted by molar-refractivity contribution is 0.489.